The normalized spacial score (nSPS) is 12.8. The van der Waals surface area contributed by atoms with Crippen LogP contribution in [0.4, 0.5) is 0 Å². The van der Waals surface area contributed by atoms with Crippen molar-refractivity contribution in [3.05, 3.63) is 69.8 Å². The third kappa shape index (κ3) is 6.51. The van der Waals surface area contributed by atoms with E-state index in [4.69, 9.17) is 28.4 Å². The average molecular weight is 691 g/mol. The number of hydrogen-bond acceptors (Lipinski definition) is 6. The molecule has 4 aromatic rings. The molecule has 0 spiro atoms. The number of unbranched alkanes of at least 4 members (excludes halogenated alkanes) is 6. The van der Waals surface area contributed by atoms with Crippen molar-refractivity contribution < 1.29 is 28.4 Å². The van der Waals surface area contributed by atoms with Crippen molar-refractivity contribution in [3.8, 4) is 67.9 Å². The van der Waals surface area contributed by atoms with Crippen LogP contribution in [-0.4, -0.2) is 41.2 Å². The molecule has 0 fully saturated rings. The number of hydrogen-bond donors (Lipinski definition) is 0. The maximum atomic E-state index is 6.41. The summed E-state index contributed by atoms with van der Waals surface area (Å²) in [6, 6.07) is 13.4. The number of benzene rings is 4. The first kappa shape index (κ1) is 35.1. The Hall–Kier alpha value is -4.32. The Balaban J connectivity index is 1.40. The van der Waals surface area contributed by atoms with Crippen molar-refractivity contribution in [2.24, 2.45) is 0 Å². The molecule has 6 heteroatoms. The van der Waals surface area contributed by atoms with Gasteiger partial charge in [0, 0.05) is 0 Å². The predicted molar refractivity (Wildman–Crippen MR) is 206 cm³/mol. The molecule has 0 aliphatic heterocycles. The van der Waals surface area contributed by atoms with Crippen molar-refractivity contribution in [2.75, 3.05) is 41.2 Å². The molecular weight excluding hydrogens is 636 g/mol. The standard InChI is InChI=1S/C45H54O6/c1-7-10-13-16-49-40-25-31-28(22-37(40)46-4)19-34-43(31)35-20-29-23-38(47-5)41(50-17-14-11-8-2)26-32(29)45(35)36-21-30-24-39(48-6)42(27-33(30)44(34)36)51-18-15-12-9-3/h22-27H,7-21H2,1-6H3. The highest BCUT2D eigenvalue weighted by Crippen LogP contribution is 2.59. The van der Waals surface area contributed by atoms with Gasteiger partial charge in [0.2, 0.25) is 0 Å². The molecule has 0 N–H and O–H groups in total. The zero-order valence-corrected chi connectivity index (χ0v) is 31.5. The van der Waals surface area contributed by atoms with Crippen LogP contribution in [0.1, 0.15) is 112 Å². The van der Waals surface area contributed by atoms with Gasteiger partial charge in [0.15, 0.2) is 34.5 Å². The highest BCUT2D eigenvalue weighted by molar-refractivity contribution is 6.01. The van der Waals surface area contributed by atoms with Crippen LogP contribution in [0, 0.1) is 0 Å². The van der Waals surface area contributed by atoms with Crippen LogP contribution in [0.25, 0.3) is 33.4 Å². The van der Waals surface area contributed by atoms with Gasteiger partial charge in [-0.1, -0.05) is 59.3 Å². The lowest BCUT2D eigenvalue weighted by Gasteiger charge is -2.18. The monoisotopic (exact) mass is 690 g/mol. The Bertz CT molecular complexity index is 1670. The molecule has 0 atom stereocenters. The van der Waals surface area contributed by atoms with Gasteiger partial charge in [-0.15, -0.1) is 0 Å². The molecule has 0 radical (unpaired) electrons. The van der Waals surface area contributed by atoms with Crippen LogP contribution in [0.2, 0.25) is 0 Å². The van der Waals surface area contributed by atoms with Crippen LogP contribution in [0.3, 0.4) is 0 Å². The molecule has 3 aliphatic rings. The van der Waals surface area contributed by atoms with E-state index in [9.17, 15) is 0 Å². The number of rotatable bonds is 18. The minimum absolute atomic E-state index is 0.681. The van der Waals surface area contributed by atoms with Crippen LogP contribution in [0.5, 0.6) is 34.5 Å². The molecule has 7 rings (SSSR count). The SMILES string of the molecule is CCCCCOc1cc2c(cc1OC)Cc1c-2c2c(c3c1-c1cc(OCCCCC)c(OC)cc1C3)-c1cc(OCCCCC)c(OC)cc1C2. The maximum Gasteiger partial charge on any atom is 0.161 e. The lowest BCUT2D eigenvalue weighted by atomic mass is 9.86. The Morgan fingerprint density at radius 2 is 0.686 bits per heavy atom. The van der Waals surface area contributed by atoms with Crippen molar-refractivity contribution in [1.29, 1.82) is 0 Å². The zero-order chi connectivity index (χ0) is 35.5. The molecule has 0 saturated heterocycles. The quantitative estimate of drug-likeness (QED) is 0.0836. The molecule has 0 aromatic heterocycles. The lowest BCUT2D eigenvalue weighted by molar-refractivity contribution is 0.286. The van der Waals surface area contributed by atoms with Gasteiger partial charge in [-0.25, -0.2) is 0 Å². The molecule has 6 nitrogen and oxygen atoms in total. The van der Waals surface area contributed by atoms with Gasteiger partial charge >= 0.3 is 0 Å². The van der Waals surface area contributed by atoms with Crippen molar-refractivity contribution in [2.45, 2.75) is 97.8 Å². The summed E-state index contributed by atoms with van der Waals surface area (Å²) in [5.74, 6) is 4.87. The first-order valence-electron chi connectivity index (χ1n) is 19.3. The first-order chi connectivity index (χ1) is 25.0. The summed E-state index contributed by atoms with van der Waals surface area (Å²) in [5, 5.41) is 0. The average Bonchev–Trinajstić information content (AvgIpc) is 3.82. The first-order valence-corrected chi connectivity index (χ1v) is 19.3. The van der Waals surface area contributed by atoms with E-state index < -0.39 is 0 Å². The van der Waals surface area contributed by atoms with E-state index in [1.54, 1.807) is 21.3 Å². The summed E-state index contributed by atoms with van der Waals surface area (Å²) in [6.07, 6.45) is 12.5. The van der Waals surface area contributed by atoms with E-state index in [0.717, 1.165) is 112 Å². The third-order valence-corrected chi connectivity index (χ3v) is 10.9. The predicted octanol–water partition coefficient (Wildman–Crippen LogP) is 11.1. The molecule has 0 amide bonds. The smallest absolute Gasteiger partial charge is 0.161 e. The third-order valence-electron chi connectivity index (χ3n) is 10.9. The Morgan fingerprint density at radius 3 is 0.941 bits per heavy atom. The van der Waals surface area contributed by atoms with Crippen LogP contribution >= 0.6 is 0 Å². The fourth-order valence-electron chi connectivity index (χ4n) is 8.36. The zero-order valence-electron chi connectivity index (χ0n) is 31.5. The summed E-state index contributed by atoms with van der Waals surface area (Å²) in [5.41, 5.74) is 15.8. The summed E-state index contributed by atoms with van der Waals surface area (Å²) in [4.78, 5) is 0. The molecule has 0 saturated carbocycles. The van der Waals surface area contributed by atoms with Gasteiger partial charge in [-0.05, 0) is 142 Å². The fraction of sp³-hybridized carbons (Fsp3) is 0.467. The lowest BCUT2D eigenvalue weighted by Crippen LogP contribution is -2.00. The second kappa shape index (κ2) is 15.5. The number of methoxy groups -OCH3 is 3. The van der Waals surface area contributed by atoms with Crippen molar-refractivity contribution >= 4 is 0 Å². The van der Waals surface area contributed by atoms with Gasteiger partial charge in [0.25, 0.3) is 0 Å². The number of ether oxygens (including phenoxy) is 6. The molecular formula is C45H54O6. The summed E-state index contributed by atoms with van der Waals surface area (Å²) in [6.45, 7) is 8.70. The van der Waals surface area contributed by atoms with E-state index in [-0.39, 0.29) is 0 Å². The largest absolute Gasteiger partial charge is 0.493 e. The molecule has 51 heavy (non-hydrogen) atoms. The molecule has 0 unspecified atom stereocenters. The van der Waals surface area contributed by atoms with Crippen molar-refractivity contribution in [3.63, 3.8) is 0 Å². The number of fused-ring (bicyclic) bond motifs is 12. The van der Waals surface area contributed by atoms with Gasteiger partial charge < -0.3 is 28.4 Å². The van der Waals surface area contributed by atoms with E-state index in [1.807, 2.05) is 0 Å². The Labute approximate surface area is 304 Å². The summed E-state index contributed by atoms with van der Waals surface area (Å²) >= 11 is 0. The molecule has 3 aliphatic carbocycles. The second-order valence-corrected chi connectivity index (χ2v) is 14.2. The van der Waals surface area contributed by atoms with Gasteiger partial charge in [-0.2, -0.15) is 0 Å². The topological polar surface area (TPSA) is 55.4 Å². The van der Waals surface area contributed by atoms with E-state index >= 15 is 0 Å². The Morgan fingerprint density at radius 1 is 0.392 bits per heavy atom. The van der Waals surface area contributed by atoms with Crippen LogP contribution in [-0.2, 0) is 19.3 Å². The van der Waals surface area contributed by atoms with Crippen LogP contribution < -0.4 is 28.4 Å². The summed E-state index contributed by atoms with van der Waals surface area (Å²) in [7, 11) is 5.24. The molecule has 270 valence electrons. The maximum absolute atomic E-state index is 6.41. The molecule has 0 heterocycles. The highest BCUT2D eigenvalue weighted by Gasteiger charge is 2.39. The van der Waals surface area contributed by atoms with Crippen molar-refractivity contribution in [1.82, 2.24) is 0 Å². The van der Waals surface area contributed by atoms with Gasteiger partial charge in [-0.3, -0.25) is 0 Å². The fourth-order valence-corrected chi connectivity index (χ4v) is 8.36. The molecule has 4 aromatic carbocycles. The molecule has 0 bridgehead atoms. The van der Waals surface area contributed by atoms with E-state index in [1.165, 1.54) is 66.8 Å². The van der Waals surface area contributed by atoms with E-state index in [0.29, 0.717) is 19.8 Å². The minimum Gasteiger partial charge on any atom is -0.493 e. The Kier molecular flexibility index (Phi) is 10.7. The van der Waals surface area contributed by atoms with Gasteiger partial charge in [0.05, 0.1) is 41.2 Å². The minimum atomic E-state index is 0.681. The van der Waals surface area contributed by atoms with E-state index in [2.05, 4.69) is 57.2 Å². The highest BCUT2D eigenvalue weighted by atomic mass is 16.5. The van der Waals surface area contributed by atoms with Crippen LogP contribution in [0.15, 0.2) is 36.4 Å². The summed E-state index contributed by atoms with van der Waals surface area (Å²) < 4.78 is 37.0. The van der Waals surface area contributed by atoms with Gasteiger partial charge in [0.1, 0.15) is 0 Å². The second-order valence-electron chi connectivity index (χ2n) is 14.2.